The molecule has 0 fully saturated rings. The first-order chi connectivity index (χ1) is 10.1. The Bertz CT molecular complexity index is 624. The second kappa shape index (κ2) is 8.05. The lowest BCUT2D eigenvalue weighted by Crippen LogP contribution is -2.12. The molecule has 0 aliphatic rings. The number of rotatable bonds is 9. The minimum absolute atomic E-state index is 0.0379. The fraction of sp³-hybridized carbons (Fsp3) is 0.571. The Kier molecular flexibility index (Phi) is 6.98. The fourth-order valence-corrected chi connectivity index (χ4v) is 2.80. The third-order valence-electron chi connectivity index (χ3n) is 3.08. The van der Waals surface area contributed by atoms with Gasteiger partial charge in [0.1, 0.15) is 0 Å². The Morgan fingerprint density at radius 1 is 0.864 bits per heavy atom. The molecule has 0 aromatic heterocycles. The zero-order chi connectivity index (χ0) is 16.8. The first-order valence-corrected chi connectivity index (χ1v) is 10.5. The minimum Gasteiger partial charge on any atom is -0.270 e. The lowest BCUT2D eigenvalue weighted by Gasteiger charge is -2.17. The van der Waals surface area contributed by atoms with Gasteiger partial charge in [-0.1, -0.05) is 29.8 Å². The lowest BCUT2D eigenvalue weighted by molar-refractivity contribution is 0.271. The van der Waals surface area contributed by atoms with Crippen LogP contribution in [0.15, 0.2) is 24.3 Å². The molecular weight excluding hydrogens is 328 g/mol. The second-order valence-electron chi connectivity index (χ2n) is 5.24. The molecule has 8 heteroatoms. The van der Waals surface area contributed by atoms with E-state index in [4.69, 9.17) is 8.37 Å². The van der Waals surface area contributed by atoms with Crippen molar-refractivity contribution >= 4 is 20.2 Å². The van der Waals surface area contributed by atoms with Crippen LogP contribution in [0.1, 0.15) is 29.9 Å². The summed E-state index contributed by atoms with van der Waals surface area (Å²) in [5.41, 5.74) is 2.11. The van der Waals surface area contributed by atoms with Crippen LogP contribution in [0.3, 0.4) is 0 Å². The van der Waals surface area contributed by atoms with Crippen molar-refractivity contribution in [1.29, 1.82) is 0 Å². The molecule has 126 valence electrons. The quantitative estimate of drug-likeness (QED) is 0.631. The van der Waals surface area contributed by atoms with Gasteiger partial charge in [0.2, 0.25) is 0 Å². The zero-order valence-electron chi connectivity index (χ0n) is 13.0. The van der Waals surface area contributed by atoms with Crippen molar-refractivity contribution < 1.29 is 25.2 Å². The maximum absolute atomic E-state index is 11.0. The predicted octanol–water partition coefficient (Wildman–Crippen LogP) is 1.81. The summed E-state index contributed by atoms with van der Waals surface area (Å²) < 4.78 is 53.6. The van der Waals surface area contributed by atoms with Crippen LogP contribution in [0.25, 0.3) is 0 Å². The van der Waals surface area contributed by atoms with Crippen LogP contribution in [0.5, 0.6) is 0 Å². The molecule has 0 aliphatic carbocycles. The standard InChI is InChI=1S/C14H22O6S2/c1-12-4-6-13(7-5-12)14(8-10-19-21(2,15)16)9-11-20-22(3,17)18/h4-7,14H,8-11H2,1-3H3. The van der Waals surface area contributed by atoms with E-state index in [-0.39, 0.29) is 19.1 Å². The smallest absolute Gasteiger partial charge is 0.264 e. The van der Waals surface area contributed by atoms with E-state index in [1.54, 1.807) is 0 Å². The average Bonchev–Trinajstić information content (AvgIpc) is 2.35. The monoisotopic (exact) mass is 350 g/mol. The second-order valence-corrected chi connectivity index (χ2v) is 8.53. The van der Waals surface area contributed by atoms with Crippen molar-refractivity contribution in [1.82, 2.24) is 0 Å². The van der Waals surface area contributed by atoms with Gasteiger partial charge in [0.05, 0.1) is 25.7 Å². The van der Waals surface area contributed by atoms with E-state index in [0.717, 1.165) is 23.6 Å². The molecule has 1 rings (SSSR count). The van der Waals surface area contributed by atoms with Crippen molar-refractivity contribution in [3.63, 3.8) is 0 Å². The third kappa shape index (κ3) is 8.47. The molecule has 0 N–H and O–H groups in total. The number of aryl methyl sites for hydroxylation is 1. The molecule has 1 aromatic rings. The Morgan fingerprint density at radius 2 is 1.27 bits per heavy atom. The highest BCUT2D eigenvalue weighted by Gasteiger charge is 2.14. The van der Waals surface area contributed by atoms with Gasteiger partial charge in [-0.25, -0.2) is 0 Å². The Hall–Kier alpha value is -0.960. The molecule has 0 saturated heterocycles. The number of benzene rings is 1. The van der Waals surface area contributed by atoms with Gasteiger partial charge < -0.3 is 0 Å². The van der Waals surface area contributed by atoms with Crippen molar-refractivity contribution in [2.45, 2.75) is 25.7 Å². The molecule has 0 aliphatic heterocycles. The third-order valence-corrected chi connectivity index (χ3v) is 4.27. The summed E-state index contributed by atoms with van der Waals surface area (Å²) in [5.74, 6) is -0.0379. The van der Waals surface area contributed by atoms with E-state index in [9.17, 15) is 16.8 Å². The summed E-state index contributed by atoms with van der Waals surface area (Å²) >= 11 is 0. The molecule has 0 heterocycles. The van der Waals surface area contributed by atoms with Gasteiger partial charge in [0, 0.05) is 0 Å². The van der Waals surface area contributed by atoms with Gasteiger partial charge in [0.15, 0.2) is 0 Å². The molecule has 1 aromatic carbocycles. The van der Waals surface area contributed by atoms with Crippen molar-refractivity contribution in [2.24, 2.45) is 0 Å². The van der Waals surface area contributed by atoms with Crippen LogP contribution in [-0.2, 0) is 28.6 Å². The van der Waals surface area contributed by atoms with Gasteiger partial charge in [-0.05, 0) is 31.2 Å². The number of hydrogen-bond acceptors (Lipinski definition) is 6. The van der Waals surface area contributed by atoms with E-state index < -0.39 is 20.2 Å². The van der Waals surface area contributed by atoms with Crippen molar-refractivity contribution in [2.75, 3.05) is 25.7 Å². The summed E-state index contributed by atoms with van der Waals surface area (Å²) in [5, 5.41) is 0. The van der Waals surface area contributed by atoms with E-state index in [2.05, 4.69) is 0 Å². The Morgan fingerprint density at radius 3 is 1.64 bits per heavy atom. The van der Waals surface area contributed by atoms with Gasteiger partial charge in [-0.15, -0.1) is 0 Å². The summed E-state index contributed by atoms with van der Waals surface area (Å²) in [6.07, 6.45) is 2.92. The lowest BCUT2D eigenvalue weighted by atomic mass is 9.92. The molecule has 0 unspecified atom stereocenters. The molecule has 0 amide bonds. The maximum atomic E-state index is 11.0. The van der Waals surface area contributed by atoms with Crippen molar-refractivity contribution in [3.05, 3.63) is 35.4 Å². The van der Waals surface area contributed by atoms with Crippen LogP contribution in [0.2, 0.25) is 0 Å². The van der Waals surface area contributed by atoms with Gasteiger partial charge in [-0.3, -0.25) is 8.37 Å². The van der Waals surface area contributed by atoms with Gasteiger partial charge >= 0.3 is 0 Å². The largest absolute Gasteiger partial charge is 0.270 e. The van der Waals surface area contributed by atoms with Crippen LogP contribution in [0, 0.1) is 6.92 Å². The highest BCUT2D eigenvalue weighted by Crippen LogP contribution is 2.24. The molecule has 0 atom stereocenters. The molecule has 0 saturated carbocycles. The number of hydrogen-bond donors (Lipinski definition) is 0. The molecular formula is C14H22O6S2. The van der Waals surface area contributed by atoms with E-state index in [1.165, 1.54) is 0 Å². The first kappa shape index (κ1) is 19.1. The van der Waals surface area contributed by atoms with Crippen LogP contribution < -0.4 is 0 Å². The molecule has 0 radical (unpaired) electrons. The summed E-state index contributed by atoms with van der Waals surface area (Å²) in [7, 11) is -6.96. The van der Waals surface area contributed by atoms with Crippen LogP contribution >= 0.6 is 0 Å². The SMILES string of the molecule is Cc1ccc(C(CCOS(C)(=O)=O)CCOS(C)(=O)=O)cc1. The van der Waals surface area contributed by atoms with Gasteiger partial charge in [-0.2, -0.15) is 16.8 Å². The zero-order valence-corrected chi connectivity index (χ0v) is 14.6. The first-order valence-electron chi connectivity index (χ1n) is 6.82. The Balaban J connectivity index is 2.69. The Labute approximate surface area is 132 Å². The topological polar surface area (TPSA) is 86.7 Å². The van der Waals surface area contributed by atoms with Crippen LogP contribution in [-0.4, -0.2) is 42.6 Å². The highest BCUT2D eigenvalue weighted by atomic mass is 32.2. The molecule has 22 heavy (non-hydrogen) atoms. The molecule has 0 bridgehead atoms. The minimum atomic E-state index is -3.48. The summed E-state index contributed by atoms with van der Waals surface area (Å²) in [6, 6.07) is 7.80. The van der Waals surface area contributed by atoms with E-state index in [0.29, 0.717) is 12.8 Å². The van der Waals surface area contributed by atoms with Crippen molar-refractivity contribution in [3.8, 4) is 0 Å². The maximum Gasteiger partial charge on any atom is 0.264 e. The van der Waals surface area contributed by atoms with Gasteiger partial charge in [0.25, 0.3) is 20.2 Å². The van der Waals surface area contributed by atoms with E-state index >= 15 is 0 Å². The highest BCUT2D eigenvalue weighted by molar-refractivity contribution is 7.86. The van der Waals surface area contributed by atoms with E-state index in [1.807, 2.05) is 31.2 Å². The normalized spacial score (nSPS) is 12.7. The summed E-state index contributed by atoms with van der Waals surface area (Å²) in [6.45, 7) is 2.07. The predicted molar refractivity (Wildman–Crippen MR) is 84.7 cm³/mol. The molecule has 6 nitrogen and oxygen atoms in total. The molecule has 0 spiro atoms. The summed E-state index contributed by atoms with van der Waals surface area (Å²) in [4.78, 5) is 0. The fourth-order valence-electron chi connectivity index (χ4n) is 2.00. The van der Waals surface area contributed by atoms with Crippen LogP contribution in [0.4, 0.5) is 0 Å². The average molecular weight is 350 g/mol.